The normalized spacial score (nSPS) is 11.2. The molecule has 0 aliphatic heterocycles. The highest BCUT2D eigenvalue weighted by atomic mass is 35.5. The Hall–Kier alpha value is -1.66. The highest BCUT2D eigenvalue weighted by Crippen LogP contribution is 2.23. The molecule has 8 heteroatoms. The Morgan fingerprint density at radius 1 is 1.40 bits per heavy atom. The Morgan fingerprint density at radius 3 is 2.60 bits per heavy atom. The van der Waals surface area contributed by atoms with Gasteiger partial charge in [0.05, 0.1) is 19.3 Å². The van der Waals surface area contributed by atoms with Gasteiger partial charge in [0.2, 0.25) is 5.78 Å². The highest BCUT2D eigenvalue weighted by molar-refractivity contribution is 6.37. The maximum atomic E-state index is 13.3. The summed E-state index contributed by atoms with van der Waals surface area (Å²) in [6.45, 7) is 1.64. The fourth-order valence-electron chi connectivity index (χ4n) is 1.27. The van der Waals surface area contributed by atoms with Crippen LogP contribution in [0.25, 0.3) is 0 Å². The maximum Gasteiger partial charge on any atom is 0.345 e. The number of ketones is 1. The molecule has 1 aromatic rings. The molecule has 0 atom stereocenters. The lowest BCUT2D eigenvalue weighted by Gasteiger charge is -2.07. The quantitative estimate of drug-likeness (QED) is 0.159. The van der Waals surface area contributed by atoms with E-state index in [9.17, 15) is 14.0 Å². The number of esters is 1. The van der Waals surface area contributed by atoms with E-state index in [0.29, 0.717) is 0 Å². The number of hydrogen-bond acceptors (Lipinski definition) is 5. The van der Waals surface area contributed by atoms with Crippen LogP contribution in [-0.4, -0.2) is 30.5 Å². The van der Waals surface area contributed by atoms with Crippen molar-refractivity contribution >= 4 is 35.0 Å². The third kappa shape index (κ3) is 3.68. The molecule has 0 aromatic carbocycles. The van der Waals surface area contributed by atoms with Gasteiger partial charge in [0.25, 0.3) is 0 Å². The summed E-state index contributed by atoms with van der Waals surface area (Å²) in [5, 5.41) is -0.798. The second kappa shape index (κ2) is 7.21. The Labute approximate surface area is 124 Å². The number of aromatic nitrogens is 1. The van der Waals surface area contributed by atoms with Crippen molar-refractivity contribution in [3.05, 3.63) is 39.6 Å². The van der Waals surface area contributed by atoms with Gasteiger partial charge >= 0.3 is 5.97 Å². The van der Waals surface area contributed by atoms with Crippen molar-refractivity contribution in [2.24, 2.45) is 0 Å². The molecule has 0 saturated heterocycles. The van der Waals surface area contributed by atoms with Gasteiger partial charge in [-0.2, -0.15) is 0 Å². The first-order valence-electron chi connectivity index (χ1n) is 5.38. The largest absolute Gasteiger partial charge is 0.503 e. The van der Waals surface area contributed by atoms with Gasteiger partial charge in [-0.25, -0.2) is 14.2 Å². The van der Waals surface area contributed by atoms with E-state index in [1.165, 1.54) is 7.11 Å². The van der Waals surface area contributed by atoms with Gasteiger partial charge in [0.15, 0.2) is 11.0 Å². The van der Waals surface area contributed by atoms with Crippen molar-refractivity contribution in [2.45, 2.75) is 6.92 Å². The summed E-state index contributed by atoms with van der Waals surface area (Å²) in [5.41, 5.74) is -0.746. The minimum absolute atomic E-state index is 0.0636. The van der Waals surface area contributed by atoms with E-state index < -0.39 is 28.3 Å². The van der Waals surface area contributed by atoms with Gasteiger partial charge < -0.3 is 9.47 Å². The number of Topliss-reactive ketones (excluding diaryl/α,β-unsaturated/α-hetero) is 1. The van der Waals surface area contributed by atoms with Crippen LogP contribution >= 0.6 is 23.2 Å². The molecular formula is C12H10Cl2FNO4. The third-order valence-electron chi connectivity index (χ3n) is 2.11. The zero-order chi connectivity index (χ0) is 15.3. The van der Waals surface area contributed by atoms with Crippen LogP contribution in [0, 0.1) is 5.82 Å². The number of methoxy groups -OCH3 is 1. The van der Waals surface area contributed by atoms with Crippen LogP contribution in [-0.2, 0) is 14.3 Å². The molecule has 20 heavy (non-hydrogen) atoms. The molecule has 1 aromatic heterocycles. The predicted molar refractivity (Wildman–Crippen MR) is 70.3 cm³/mol. The van der Waals surface area contributed by atoms with E-state index >= 15 is 0 Å². The Morgan fingerprint density at radius 2 is 2.05 bits per heavy atom. The van der Waals surface area contributed by atoms with Gasteiger partial charge in [-0.3, -0.25) is 4.79 Å². The Balaban J connectivity index is 3.23. The van der Waals surface area contributed by atoms with Crippen LogP contribution in [0.3, 0.4) is 0 Å². The Kier molecular flexibility index (Phi) is 5.91. The average molecular weight is 322 g/mol. The summed E-state index contributed by atoms with van der Waals surface area (Å²) in [6.07, 6.45) is 0.892. The molecule has 0 bridgehead atoms. The van der Waals surface area contributed by atoms with Crippen LogP contribution in [0.1, 0.15) is 17.3 Å². The van der Waals surface area contributed by atoms with Crippen LogP contribution in [0.4, 0.5) is 4.39 Å². The number of carbonyl (C=O) groups excluding carboxylic acids is 2. The third-order valence-corrected chi connectivity index (χ3v) is 2.66. The SMILES string of the molecule is CCOC(=O)/C(=C\OC)C(=O)c1cc(F)c(Cl)nc1Cl. The zero-order valence-corrected chi connectivity index (χ0v) is 12.1. The van der Waals surface area contributed by atoms with E-state index in [1.54, 1.807) is 6.92 Å². The lowest BCUT2D eigenvalue weighted by molar-refractivity contribution is -0.138. The summed E-state index contributed by atoms with van der Waals surface area (Å²) in [6, 6.07) is 0.794. The van der Waals surface area contributed by atoms with Crippen molar-refractivity contribution < 1.29 is 23.5 Å². The number of rotatable bonds is 5. The summed E-state index contributed by atoms with van der Waals surface area (Å²) in [4.78, 5) is 27.2. The number of nitrogens with zero attached hydrogens (tertiary/aromatic N) is 1. The molecule has 0 amide bonds. The smallest absolute Gasteiger partial charge is 0.345 e. The average Bonchev–Trinajstić information content (AvgIpc) is 2.39. The van der Waals surface area contributed by atoms with Crippen molar-refractivity contribution in [3.8, 4) is 0 Å². The lowest BCUT2D eigenvalue weighted by atomic mass is 10.1. The fraction of sp³-hybridized carbons (Fsp3) is 0.250. The minimum atomic E-state index is -0.931. The highest BCUT2D eigenvalue weighted by Gasteiger charge is 2.25. The van der Waals surface area contributed by atoms with Gasteiger partial charge in [0.1, 0.15) is 17.0 Å². The van der Waals surface area contributed by atoms with Gasteiger partial charge in [-0.05, 0) is 13.0 Å². The number of hydrogen-bond donors (Lipinski definition) is 0. The van der Waals surface area contributed by atoms with Gasteiger partial charge in [-0.1, -0.05) is 23.2 Å². The molecule has 5 nitrogen and oxygen atoms in total. The minimum Gasteiger partial charge on any atom is -0.503 e. The number of ether oxygens (including phenoxy) is 2. The molecule has 0 aliphatic carbocycles. The topological polar surface area (TPSA) is 65.5 Å². The summed E-state index contributed by atoms with van der Waals surface area (Å²) in [5.74, 6) is -2.72. The maximum absolute atomic E-state index is 13.3. The van der Waals surface area contributed by atoms with E-state index in [4.69, 9.17) is 27.9 Å². The predicted octanol–water partition coefficient (Wildman–Crippen LogP) is 2.80. The number of carbonyl (C=O) groups is 2. The molecular weight excluding hydrogens is 312 g/mol. The molecule has 0 N–H and O–H groups in total. The van der Waals surface area contributed by atoms with E-state index in [1.807, 2.05) is 0 Å². The first-order chi connectivity index (χ1) is 9.42. The molecule has 0 saturated carbocycles. The van der Waals surface area contributed by atoms with Gasteiger partial charge in [0, 0.05) is 0 Å². The van der Waals surface area contributed by atoms with Crippen molar-refractivity contribution in [1.82, 2.24) is 4.98 Å². The summed E-state index contributed by atoms with van der Waals surface area (Å²) >= 11 is 11.1. The summed E-state index contributed by atoms with van der Waals surface area (Å²) in [7, 11) is 1.24. The Bertz CT molecular complexity index is 575. The first kappa shape index (κ1) is 16.4. The van der Waals surface area contributed by atoms with E-state index in [0.717, 1.165) is 12.3 Å². The molecule has 0 radical (unpaired) electrons. The molecule has 108 valence electrons. The fourth-order valence-corrected chi connectivity index (χ4v) is 1.68. The van der Waals surface area contributed by atoms with E-state index in [-0.39, 0.29) is 17.3 Å². The van der Waals surface area contributed by atoms with Crippen LogP contribution in [0.15, 0.2) is 17.9 Å². The first-order valence-corrected chi connectivity index (χ1v) is 6.14. The van der Waals surface area contributed by atoms with Crippen molar-refractivity contribution in [1.29, 1.82) is 0 Å². The second-order valence-electron chi connectivity index (χ2n) is 3.42. The lowest BCUT2D eigenvalue weighted by Crippen LogP contribution is -2.17. The molecule has 0 unspecified atom stereocenters. The second-order valence-corrected chi connectivity index (χ2v) is 4.13. The number of halogens is 3. The molecule has 1 rings (SSSR count). The molecule has 0 fully saturated rings. The number of pyridine rings is 1. The van der Waals surface area contributed by atoms with E-state index in [2.05, 4.69) is 9.72 Å². The van der Waals surface area contributed by atoms with Crippen molar-refractivity contribution in [3.63, 3.8) is 0 Å². The molecule has 0 aliphatic rings. The van der Waals surface area contributed by atoms with Crippen molar-refractivity contribution in [2.75, 3.05) is 13.7 Å². The standard InChI is InChI=1S/C12H10Cl2FNO4/c1-3-20-12(18)7(5-19-2)9(17)6-4-8(15)11(14)16-10(6)13/h4-5H,3H2,1-2H3/b7-5-. The molecule has 0 spiro atoms. The van der Waals surface area contributed by atoms with Gasteiger partial charge in [-0.15, -0.1) is 0 Å². The monoisotopic (exact) mass is 321 g/mol. The zero-order valence-electron chi connectivity index (χ0n) is 10.6. The van der Waals surface area contributed by atoms with Crippen LogP contribution < -0.4 is 0 Å². The van der Waals surface area contributed by atoms with Crippen LogP contribution in [0.5, 0.6) is 0 Å². The molecule has 1 heterocycles. The summed E-state index contributed by atoms with van der Waals surface area (Å²) < 4.78 is 22.7. The van der Waals surface area contributed by atoms with Crippen LogP contribution in [0.2, 0.25) is 10.3 Å².